The Labute approximate surface area is 212 Å². The third kappa shape index (κ3) is 5.45. The molecule has 1 heterocycles. The van der Waals surface area contributed by atoms with Crippen LogP contribution in [0.15, 0.2) is 71.7 Å². The third-order valence-corrected chi connectivity index (χ3v) is 5.71. The van der Waals surface area contributed by atoms with Crippen LogP contribution in [0.2, 0.25) is 0 Å². The SMILES string of the molecule is CCOc1ccc(C(=O)c2cn(CC(=O)Nc3ccc(OC)cc3OC)c3ccc(F)cc3c2=O)cc1. The zero-order chi connectivity index (χ0) is 26.5. The number of ketones is 1. The Bertz CT molecular complexity index is 1530. The van der Waals surface area contributed by atoms with Gasteiger partial charge in [-0.25, -0.2) is 4.39 Å². The zero-order valence-electron chi connectivity index (χ0n) is 20.5. The highest BCUT2D eigenvalue weighted by atomic mass is 19.1. The number of hydrogen-bond donors (Lipinski definition) is 1. The molecule has 3 aromatic carbocycles. The number of carbonyl (C=O) groups excluding carboxylic acids is 2. The second kappa shape index (κ2) is 10.9. The van der Waals surface area contributed by atoms with Gasteiger partial charge in [-0.2, -0.15) is 0 Å². The lowest BCUT2D eigenvalue weighted by Crippen LogP contribution is -2.24. The molecule has 0 saturated carbocycles. The van der Waals surface area contributed by atoms with Crippen LogP contribution in [0, 0.1) is 5.82 Å². The molecule has 0 bridgehead atoms. The van der Waals surface area contributed by atoms with Crippen LogP contribution in [0.4, 0.5) is 10.1 Å². The van der Waals surface area contributed by atoms with E-state index in [4.69, 9.17) is 14.2 Å². The summed E-state index contributed by atoms with van der Waals surface area (Å²) in [5.41, 5.74) is 0.177. The molecule has 1 N–H and O–H groups in total. The molecule has 1 aromatic heterocycles. The number of hydrogen-bond acceptors (Lipinski definition) is 6. The van der Waals surface area contributed by atoms with E-state index in [1.807, 2.05) is 6.92 Å². The van der Waals surface area contributed by atoms with Crippen LogP contribution in [-0.4, -0.2) is 37.1 Å². The summed E-state index contributed by atoms with van der Waals surface area (Å²) < 4.78 is 31.4. The molecule has 0 unspecified atom stereocenters. The van der Waals surface area contributed by atoms with Gasteiger partial charge in [0.15, 0.2) is 5.78 Å². The van der Waals surface area contributed by atoms with Gasteiger partial charge in [0.1, 0.15) is 29.6 Å². The van der Waals surface area contributed by atoms with Crippen molar-refractivity contribution in [1.29, 1.82) is 0 Å². The van der Waals surface area contributed by atoms with Gasteiger partial charge in [-0.3, -0.25) is 14.4 Å². The summed E-state index contributed by atoms with van der Waals surface area (Å²) in [5, 5.41) is 2.75. The minimum atomic E-state index is -0.630. The number of nitrogens with one attached hydrogen (secondary N) is 1. The summed E-state index contributed by atoms with van der Waals surface area (Å²) in [6, 6.07) is 14.9. The van der Waals surface area contributed by atoms with Crippen molar-refractivity contribution < 1.29 is 28.2 Å². The van der Waals surface area contributed by atoms with Gasteiger partial charge in [-0.15, -0.1) is 0 Å². The first-order valence-electron chi connectivity index (χ1n) is 11.5. The molecule has 1 amide bonds. The number of amides is 1. The van der Waals surface area contributed by atoms with E-state index in [9.17, 15) is 18.8 Å². The Morgan fingerprint density at radius 2 is 1.68 bits per heavy atom. The van der Waals surface area contributed by atoms with Crippen molar-refractivity contribution in [3.05, 3.63) is 94.0 Å². The Morgan fingerprint density at radius 3 is 2.35 bits per heavy atom. The van der Waals surface area contributed by atoms with Crippen molar-refractivity contribution in [2.24, 2.45) is 0 Å². The quantitative estimate of drug-likeness (QED) is 0.339. The summed E-state index contributed by atoms with van der Waals surface area (Å²) in [6.07, 6.45) is 1.33. The molecule has 0 spiro atoms. The van der Waals surface area contributed by atoms with Crippen LogP contribution >= 0.6 is 0 Å². The van der Waals surface area contributed by atoms with Crippen LogP contribution in [0.5, 0.6) is 17.2 Å². The molecular weight excluding hydrogens is 479 g/mol. The first-order valence-corrected chi connectivity index (χ1v) is 11.5. The first-order chi connectivity index (χ1) is 17.8. The van der Waals surface area contributed by atoms with E-state index in [0.29, 0.717) is 35.1 Å². The maximum Gasteiger partial charge on any atom is 0.244 e. The summed E-state index contributed by atoms with van der Waals surface area (Å²) >= 11 is 0. The van der Waals surface area contributed by atoms with Gasteiger partial charge in [0.2, 0.25) is 11.3 Å². The number of rotatable bonds is 9. The van der Waals surface area contributed by atoms with Crippen LogP contribution in [0.3, 0.4) is 0 Å². The van der Waals surface area contributed by atoms with Crippen molar-refractivity contribution in [2.75, 3.05) is 26.1 Å². The van der Waals surface area contributed by atoms with Gasteiger partial charge in [0, 0.05) is 23.2 Å². The number of ether oxygens (including phenoxy) is 3. The smallest absolute Gasteiger partial charge is 0.244 e. The van der Waals surface area contributed by atoms with Gasteiger partial charge in [0.25, 0.3) is 0 Å². The van der Waals surface area contributed by atoms with E-state index < -0.39 is 22.9 Å². The lowest BCUT2D eigenvalue weighted by atomic mass is 10.0. The van der Waals surface area contributed by atoms with Crippen LogP contribution < -0.4 is 25.0 Å². The average Bonchev–Trinajstić information content (AvgIpc) is 2.90. The van der Waals surface area contributed by atoms with E-state index in [1.54, 1.807) is 42.5 Å². The highest BCUT2D eigenvalue weighted by Crippen LogP contribution is 2.29. The van der Waals surface area contributed by atoms with E-state index in [2.05, 4.69) is 5.32 Å². The summed E-state index contributed by atoms with van der Waals surface area (Å²) in [5.74, 6) is -0.0917. The Kier molecular flexibility index (Phi) is 7.52. The fourth-order valence-corrected chi connectivity index (χ4v) is 3.93. The second-order valence-electron chi connectivity index (χ2n) is 8.06. The number of benzene rings is 3. The van der Waals surface area contributed by atoms with Gasteiger partial charge < -0.3 is 24.1 Å². The summed E-state index contributed by atoms with van der Waals surface area (Å²) in [4.78, 5) is 39.4. The number of aromatic nitrogens is 1. The van der Waals surface area contributed by atoms with E-state index in [1.165, 1.54) is 37.1 Å². The highest BCUT2D eigenvalue weighted by molar-refractivity contribution is 6.10. The molecule has 0 fully saturated rings. The fourth-order valence-electron chi connectivity index (χ4n) is 3.93. The minimum absolute atomic E-state index is 0.00776. The standard InChI is InChI=1S/C28H25FN2O6/c1-4-37-19-8-5-17(6-9-19)27(33)22-15-31(24-12-7-18(29)13-21(24)28(22)34)16-26(32)30-23-11-10-20(35-2)14-25(23)36-3/h5-15H,4,16H2,1-3H3,(H,30,32). The maximum atomic E-state index is 14.1. The lowest BCUT2D eigenvalue weighted by Gasteiger charge is -2.15. The van der Waals surface area contributed by atoms with Crippen molar-refractivity contribution in [3.63, 3.8) is 0 Å². The van der Waals surface area contributed by atoms with Crippen molar-refractivity contribution in [2.45, 2.75) is 13.5 Å². The number of nitrogens with zero attached hydrogens (tertiary/aromatic N) is 1. The molecular formula is C28H25FN2O6. The molecule has 4 rings (SSSR count). The molecule has 9 heteroatoms. The van der Waals surface area contributed by atoms with Crippen molar-refractivity contribution in [1.82, 2.24) is 4.57 Å². The maximum absolute atomic E-state index is 14.1. The number of carbonyl (C=O) groups is 2. The molecule has 0 aliphatic heterocycles. The van der Waals surface area contributed by atoms with E-state index >= 15 is 0 Å². The first kappa shape index (κ1) is 25.4. The molecule has 0 atom stereocenters. The number of methoxy groups -OCH3 is 2. The van der Waals surface area contributed by atoms with Crippen LogP contribution in [0.1, 0.15) is 22.8 Å². The molecule has 37 heavy (non-hydrogen) atoms. The van der Waals surface area contributed by atoms with E-state index in [0.717, 1.165) is 6.07 Å². The topological polar surface area (TPSA) is 95.9 Å². The predicted octanol–water partition coefficient (Wildman–Crippen LogP) is 4.43. The molecule has 0 radical (unpaired) electrons. The molecule has 0 aliphatic rings. The minimum Gasteiger partial charge on any atom is -0.497 e. The summed E-state index contributed by atoms with van der Waals surface area (Å²) in [6.45, 7) is 2.07. The Balaban J connectivity index is 1.71. The van der Waals surface area contributed by atoms with Crippen LogP contribution in [-0.2, 0) is 11.3 Å². The third-order valence-electron chi connectivity index (χ3n) is 5.71. The number of pyridine rings is 1. The van der Waals surface area contributed by atoms with E-state index in [-0.39, 0.29) is 23.1 Å². The number of fused-ring (bicyclic) bond motifs is 1. The highest BCUT2D eigenvalue weighted by Gasteiger charge is 2.19. The monoisotopic (exact) mass is 504 g/mol. The molecule has 190 valence electrons. The molecule has 0 saturated heterocycles. The predicted molar refractivity (Wildman–Crippen MR) is 137 cm³/mol. The van der Waals surface area contributed by atoms with Gasteiger partial charge >= 0.3 is 0 Å². The normalized spacial score (nSPS) is 10.7. The van der Waals surface area contributed by atoms with Crippen LogP contribution in [0.25, 0.3) is 10.9 Å². The second-order valence-corrected chi connectivity index (χ2v) is 8.06. The Hall–Kier alpha value is -4.66. The number of anilines is 1. The van der Waals surface area contributed by atoms with Gasteiger partial charge in [-0.1, -0.05) is 0 Å². The largest absolute Gasteiger partial charge is 0.497 e. The summed E-state index contributed by atoms with van der Waals surface area (Å²) in [7, 11) is 2.98. The molecule has 4 aromatic rings. The zero-order valence-corrected chi connectivity index (χ0v) is 20.5. The fraction of sp³-hybridized carbons (Fsp3) is 0.179. The Morgan fingerprint density at radius 1 is 0.946 bits per heavy atom. The van der Waals surface area contributed by atoms with Gasteiger partial charge in [-0.05, 0) is 61.5 Å². The van der Waals surface area contributed by atoms with Gasteiger partial charge in [0.05, 0.1) is 37.6 Å². The van der Waals surface area contributed by atoms with Crippen molar-refractivity contribution >= 4 is 28.3 Å². The van der Waals surface area contributed by atoms with Crippen molar-refractivity contribution in [3.8, 4) is 17.2 Å². The lowest BCUT2D eigenvalue weighted by molar-refractivity contribution is -0.116. The average molecular weight is 505 g/mol. The number of halogens is 1. The molecule has 8 nitrogen and oxygen atoms in total. The molecule has 0 aliphatic carbocycles.